The summed E-state index contributed by atoms with van der Waals surface area (Å²) < 4.78 is 1.58. The molecule has 0 aromatic carbocycles. The van der Waals surface area contributed by atoms with Crippen molar-refractivity contribution >= 4 is 5.82 Å². The van der Waals surface area contributed by atoms with E-state index in [4.69, 9.17) is 0 Å². The van der Waals surface area contributed by atoms with Crippen LogP contribution in [-0.4, -0.2) is 59.4 Å². The molecule has 1 unspecified atom stereocenters. The molecule has 2 aliphatic rings. The Morgan fingerprint density at radius 2 is 2.00 bits per heavy atom. The van der Waals surface area contributed by atoms with Crippen LogP contribution in [0.3, 0.4) is 0 Å². The lowest BCUT2D eigenvalue weighted by atomic mass is 9.66. The fraction of sp³-hybridized carbons (Fsp3) is 0.765. The van der Waals surface area contributed by atoms with Crippen LogP contribution in [0.4, 0.5) is 5.82 Å². The molecule has 6 heteroatoms. The summed E-state index contributed by atoms with van der Waals surface area (Å²) in [5.41, 5.74) is -0.995. The molecule has 0 bridgehead atoms. The molecule has 23 heavy (non-hydrogen) atoms. The van der Waals surface area contributed by atoms with Crippen LogP contribution in [0.25, 0.3) is 0 Å². The van der Waals surface area contributed by atoms with Gasteiger partial charge < -0.3 is 14.9 Å². The average Bonchev–Trinajstić information content (AvgIpc) is 2.96. The van der Waals surface area contributed by atoms with Gasteiger partial charge in [-0.2, -0.15) is 0 Å². The molecule has 2 heterocycles. The Hall–Kier alpha value is -1.40. The fourth-order valence-electron chi connectivity index (χ4n) is 4.37. The summed E-state index contributed by atoms with van der Waals surface area (Å²) in [6.07, 6.45) is 6.73. The highest BCUT2D eigenvalue weighted by Crippen LogP contribution is 2.51. The summed E-state index contributed by atoms with van der Waals surface area (Å²) >= 11 is 0. The number of piperidine rings is 1. The molecule has 1 saturated carbocycles. The van der Waals surface area contributed by atoms with Crippen molar-refractivity contribution in [3.05, 3.63) is 22.7 Å². The van der Waals surface area contributed by atoms with Gasteiger partial charge in [0.25, 0.3) is 5.56 Å². The van der Waals surface area contributed by atoms with Crippen LogP contribution >= 0.6 is 0 Å². The van der Waals surface area contributed by atoms with E-state index >= 15 is 0 Å². The van der Waals surface area contributed by atoms with Crippen LogP contribution in [0.5, 0.6) is 0 Å². The molecule has 1 aliphatic heterocycles. The maximum Gasteiger partial charge on any atom is 0.255 e. The van der Waals surface area contributed by atoms with Crippen LogP contribution in [0.15, 0.2) is 17.2 Å². The average molecular weight is 320 g/mol. The topological polar surface area (TPSA) is 61.6 Å². The van der Waals surface area contributed by atoms with E-state index in [1.807, 2.05) is 19.0 Å². The SMILES string of the molecule is CN1CCC(O)(Cn2cnc(N(C)C)cc2=O)C2(CCCC2)C1. The highest BCUT2D eigenvalue weighted by Gasteiger charge is 2.54. The summed E-state index contributed by atoms with van der Waals surface area (Å²) in [6.45, 7) is 2.14. The lowest BCUT2D eigenvalue weighted by Crippen LogP contribution is -2.60. The lowest BCUT2D eigenvalue weighted by molar-refractivity contribution is -0.139. The van der Waals surface area contributed by atoms with E-state index in [1.54, 1.807) is 17.0 Å². The Bertz CT molecular complexity index is 621. The van der Waals surface area contributed by atoms with E-state index in [1.165, 1.54) is 12.8 Å². The van der Waals surface area contributed by atoms with E-state index < -0.39 is 5.60 Å². The molecule has 1 spiro atoms. The van der Waals surface area contributed by atoms with Gasteiger partial charge in [-0.15, -0.1) is 0 Å². The minimum atomic E-state index is -0.818. The van der Waals surface area contributed by atoms with Crippen LogP contribution in [-0.2, 0) is 6.54 Å². The second-order valence-electron chi connectivity index (χ2n) is 7.61. The van der Waals surface area contributed by atoms with E-state index in [0.717, 1.165) is 25.9 Å². The summed E-state index contributed by atoms with van der Waals surface area (Å²) in [7, 11) is 5.85. The van der Waals surface area contributed by atoms with Gasteiger partial charge in [0, 0.05) is 38.7 Å². The molecule has 1 atom stereocenters. The summed E-state index contributed by atoms with van der Waals surface area (Å²) in [5.74, 6) is 0.650. The standard InChI is InChI=1S/C17H28N4O2/c1-19(2)14-10-15(22)21(13-18-14)12-17(23)8-9-20(3)11-16(17)6-4-5-7-16/h10,13,23H,4-9,11-12H2,1-3H3. The first-order chi connectivity index (χ1) is 10.9. The Morgan fingerprint density at radius 1 is 1.30 bits per heavy atom. The highest BCUT2D eigenvalue weighted by molar-refractivity contribution is 5.33. The second-order valence-corrected chi connectivity index (χ2v) is 7.61. The third-order valence-corrected chi connectivity index (χ3v) is 5.78. The van der Waals surface area contributed by atoms with Gasteiger partial charge in [0.1, 0.15) is 5.82 Å². The monoisotopic (exact) mass is 320 g/mol. The lowest BCUT2D eigenvalue weighted by Gasteiger charge is -2.51. The largest absolute Gasteiger partial charge is 0.387 e. The summed E-state index contributed by atoms with van der Waals surface area (Å²) in [6, 6.07) is 1.54. The first-order valence-electron chi connectivity index (χ1n) is 8.50. The van der Waals surface area contributed by atoms with Crippen LogP contribution < -0.4 is 10.5 Å². The molecule has 128 valence electrons. The number of rotatable bonds is 3. The molecular weight excluding hydrogens is 292 g/mol. The predicted octanol–water partition coefficient (Wildman–Crippen LogP) is 0.936. The molecule has 1 aromatic heterocycles. The van der Waals surface area contributed by atoms with Crippen molar-refractivity contribution in [3.8, 4) is 0 Å². The van der Waals surface area contributed by atoms with E-state index in [0.29, 0.717) is 18.8 Å². The van der Waals surface area contributed by atoms with E-state index in [-0.39, 0.29) is 11.0 Å². The second kappa shape index (κ2) is 5.91. The maximum absolute atomic E-state index is 12.4. The van der Waals surface area contributed by atoms with E-state index in [2.05, 4.69) is 16.9 Å². The number of nitrogens with zero attached hydrogens (tertiary/aromatic N) is 4. The third-order valence-electron chi connectivity index (χ3n) is 5.78. The van der Waals surface area contributed by atoms with Crippen LogP contribution in [0, 0.1) is 5.41 Å². The van der Waals surface area contributed by atoms with E-state index in [9.17, 15) is 9.90 Å². The molecule has 1 aliphatic carbocycles. The summed E-state index contributed by atoms with van der Waals surface area (Å²) in [5, 5.41) is 11.5. The van der Waals surface area contributed by atoms with Crippen molar-refractivity contribution in [3.63, 3.8) is 0 Å². The van der Waals surface area contributed by atoms with Gasteiger partial charge in [0.15, 0.2) is 0 Å². The zero-order valence-electron chi connectivity index (χ0n) is 14.5. The predicted molar refractivity (Wildman–Crippen MR) is 90.8 cm³/mol. The fourth-order valence-corrected chi connectivity index (χ4v) is 4.37. The van der Waals surface area contributed by atoms with Crippen molar-refractivity contribution in [1.29, 1.82) is 0 Å². The van der Waals surface area contributed by atoms with Gasteiger partial charge in [-0.1, -0.05) is 12.8 Å². The van der Waals surface area contributed by atoms with Gasteiger partial charge in [0.2, 0.25) is 0 Å². The van der Waals surface area contributed by atoms with Crippen LogP contribution in [0.1, 0.15) is 32.1 Å². The molecule has 6 nitrogen and oxygen atoms in total. The number of likely N-dealkylation sites (tertiary alicyclic amines) is 1. The molecule has 1 aromatic rings. The number of aromatic nitrogens is 2. The molecule has 1 saturated heterocycles. The number of hydrogen-bond acceptors (Lipinski definition) is 5. The van der Waals surface area contributed by atoms with Crippen molar-refractivity contribution in [1.82, 2.24) is 14.5 Å². The maximum atomic E-state index is 12.4. The van der Waals surface area contributed by atoms with Gasteiger partial charge in [0.05, 0.1) is 18.5 Å². The quantitative estimate of drug-likeness (QED) is 0.898. The Labute approximate surface area is 137 Å². The number of hydrogen-bond donors (Lipinski definition) is 1. The van der Waals surface area contributed by atoms with Gasteiger partial charge >= 0.3 is 0 Å². The first-order valence-corrected chi connectivity index (χ1v) is 8.50. The minimum Gasteiger partial charge on any atom is -0.387 e. The van der Waals surface area contributed by atoms with Crippen molar-refractivity contribution in [2.45, 2.75) is 44.2 Å². The van der Waals surface area contributed by atoms with Gasteiger partial charge in [-0.05, 0) is 26.3 Å². The first kappa shape index (κ1) is 16.5. The number of anilines is 1. The smallest absolute Gasteiger partial charge is 0.255 e. The normalized spacial score (nSPS) is 27.5. The zero-order chi connectivity index (χ0) is 16.7. The van der Waals surface area contributed by atoms with Crippen LogP contribution in [0.2, 0.25) is 0 Å². The molecule has 0 amide bonds. The highest BCUT2D eigenvalue weighted by atomic mass is 16.3. The van der Waals surface area contributed by atoms with Crippen molar-refractivity contribution in [2.75, 3.05) is 39.1 Å². The molecule has 3 rings (SSSR count). The zero-order valence-corrected chi connectivity index (χ0v) is 14.5. The molecule has 0 radical (unpaired) electrons. The molecule has 1 N–H and O–H groups in total. The Balaban J connectivity index is 1.89. The summed E-state index contributed by atoms with van der Waals surface area (Å²) in [4.78, 5) is 20.9. The van der Waals surface area contributed by atoms with Crippen molar-refractivity contribution < 1.29 is 5.11 Å². The Morgan fingerprint density at radius 3 is 2.61 bits per heavy atom. The minimum absolute atomic E-state index is 0.0837. The number of aliphatic hydroxyl groups is 1. The molecular formula is C17H28N4O2. The molecule has 2 fully saturated rings. The van der Waals surface area contributed by atoms with Gasteiger partial charge in [-0.3, -0.25) is 9.36 Å². The Kier molecular flexibility index (Phi) is 4.23. The van der Waals surface area contributed by atoms with Crippen molar-refractivity contribution in [2.24, 2.45) is 5.41 Å². The third kappa shape index (κ3) is 2.90. The van der Waals surface area contributed by atoms with Gasteiger partial charge in [-0.25, -0.2) is 4.98 Å².